The highest BCUT2D eigenvalue weighted by Gasteiger charge is 2.13. The SMILES string of the molecule is COc1ccc(-c2nnc(COc3cccc(NC(=O)c4nccc5ccccc45)c3)o2)cc1. The fraction of sp³-hybridized carbons (Fsp3) is 0.0769. The van der Waals surface area contributed by atoms with Crippen molar-refractivity contribution in [3.05, 3.63) is 96.6 Å². The van der Waals surface area contributed by atoms with Gasteiger partial charge in [0.25, 0.3) is 11.8 Å². The lowest BCUT2D eigenvalue weighted by Gasteiger charge is -2.09. The van der Waals surface area contributed by atoms with Gasteiger partial charge < -0.3 is 19.2 Å². The molecule has 2 aromatic heterocycles. The molecule has 5 aromatic rings. The molecule has 0 unspecified atom stereocenters. The second-order valence-electron chi connectivity index (χ2n) is 7.38. The number of carbonyl (C=O) groups excluding carboxylic acids is 1. The van der Waals surface area contributed by atoms with Gasteiger partial charge in [-0.05, 0) is 47.9 Å². The summed E-state index contributed by atoms with van der Waals surface area (Å²) in [7, 11) is 1.61. The topological polar surface area (TPSA) is 99.4 Å². The van der Waals surface area contributed by atoms with Gasteiger partial charge in [0.15, 0.2) is 6.61 Å². The molecule has 3 aromatic carbocycles. The number of anilines is 1. The maximum absolute atomic E-state index is 12.8. The summed E-state index contributed by atoms with van der Waals surface area (Å²) >= 11 is 0. The second-order valence-corrected chi connectivity index (χ2v) is 7.38. The summed E-state index contributed by atoms with van der Waals surface area (Å²) < 4.78 is 16.6. The van der Waals surface area contributed by atoms with Crippen molar-refractivity contribution >= 4 is 22.4 Å². The third-order valence-corrected chi connectivity index (χ3v) is 5.15. The van der Waals surface area contributed by atoms with Crippen LogP contribution in [0, 0.1) is 0 Å². The minimum atomic E-state index is -0.296. The fourth-order valence-corrected chi connectivity index (χ4v) is 3.46. The van der Waals surface area contributed by atoms with Crippen LogP contribution in [0.1, 0.15) is 16.4 Å². The molecular formula is C26H20N4O4. The molecule has 0 aliphatic heterocycles. The summed E-state index contributed by atoms with van der Waals surface area (Å²) in [5.74, 6) is 1.72. The molecule has 0 atom stereocenters. The van der Waals surface area contributed by atoms with Crippen LogP contribution in [0.2, 0.25) is 0 Å². The summed E-state index contributed by atoms with van der Waals surface area (Å²) in [5, 5.41) is 12.7. The van der Waals surface area contributed by atoms with Crippen LogP contribution in [-0.2, 0) is 6.61 Å². The number of fused-ring (bicyclic) bond motifs is 1. The van der Waals surface area contributed by atoms with E-state index in [2.05, 4.69) is 20.5 Å². The Morgan fingerprint density at radius 3 is 2.65 bits per heavy atom. The van der Waals surface area contributed by atoms with E-state index in [-0.39, 0.29) is 12.5 Å². The number of benzene rings is 3. The minimum absolute atomic E-state index is 0.0887. The molecule has 1 N–H and O–H groups in total. The fourth-order valence-electron chi connectivity index (χ4n) is 3.46. The van der Waals surface area contributed by atoms with Crippen LogP contribution in [-0.4, -0.2) is 28.2 Å². The van der Waals surface area contributed by atoms with Crippen molar-refractivity contribution in [1.29, 1.82) is 0 Å². The molecule has 8 nitrogen and oxygen atoms in total. The van der Waals surface area contributed by atoms with Crippen molar-refractivity contribution < 1.29 is 18.7 Å². The van der Waals surface area contributed by atoms with Crippen molar-refractivity contribution in [2.45, 2.75) is 6.61 Å². The Kier molecular flexibility index (Phi) is 5.85. The molecule has 1 amide bonds. The molecule has 5 rings (SSSR count). The number of nitrogens with one attached hydrogen (secondary N) is 1. The van der Waals surface area contributed by atoms with Gasteiger partial charge in [-0.25, -0.2) is 0 Å². The first-order valence-corrected chi connectivity index (χ1v) is 10.5. The van der Waals surface area contributed by atoms with Gasteiger partial charge in [0.2, 0.25) is 5.89 Å². The number of ether oxygens (including phenoxy) is 2. The van der Waals surface area contributed by atoms with E-state index in [1.54, 1.807) is 37.6 Å². The quantitative estimate of drug-likeness (QED) is 0.366. The number of methoxy groups -OCH3 is 1. The minimum Gasteiger partial charge on any atom is -0.497 e. The largest absolute Gasteiger partial charge is 0.497 e. The summed E-state index contributed by atoms with van der Waals surface area (Å²) in [4.78, 5) is 17.1. The van der Waals surface area contributed by atoms with E-state index in [9.17, 15) is 4.79 Å². The number of nitrogens with zero attached hydrogens (tertiary/aromatic N) is 3. The Bertz CT molecular complexity index is 1440. The van der Waals surface area contributed by atoms with Gasteiger partial charge in [0, 0.05) is 28.9 Å². The average Bonchev–Trinajstić information content (AvgIpc) is 3.36. The van der Waals surface area contributed by atoms with Crippen LogP contribution in [0.15, 0.2) is 89.5 Å². The Balaban J connectivity index is 1.25. The number of amides is 1. The van der Waals surface area contributed by atoms with Gasteiger partial charge in [0.05, 0.1) is 7.11 Å². The summed E-state index contributed by atoms with van der Waals surface area (Å²) in [6.45, 7) is 0.0887. The van der Waals surface area contributed by atoms with Crippen LogP contribution < -0.4 is 14.8 Å². The van der Waals surface area contributed by atoms with Crippen LogP contribution >= 0.6 is 0 Å². The summed E-state index contributed by atoms with van der Waals surface area (Å²) in [6, 6.07) is 23.9. The number of rotatable bonds is 7. The first kappa shape index (κ1) is 21.1. The molecule has 168 valence electrons. The summed E-state index contributed by atoms with van der Waals surface area (Å²) in [5.41, 5.74) is 1.73. The molecule has 34 heavy (non-hydrogen) atoms. The lowest BCUT2D eigenvalue weighted by molar-refractivity contribution is 0.102. The van der Waals surface area contributed by atoms with E-state index < -0.39 is 0 Å². The zero-order valence-electron chi connectivity index (χ0n) is 18.3. The van der Waals surface area contributed by atoms with E-state index in [1.807, 2.05) is 54.6 Å². The van der Waals surface area contributed by atoms with Gasteiger partial charge in [-0.1, -0.05) is 30.3 Å². The van der Waals surface area contributed by atoms with E-state index >= 15 is 0 Å². The smallest absolute Gasteiger partial charge is 0.274 e. The van der Waals surface area contributed by atoms with Gasteiger partial charge in [0.1, 0.15) is 17.2 Å². The van der Waals surface area contributed by atoms with Gasteiger partial charge in [-0.15, -0.1) is 10.2 Å². The van der Waals surface area contributed by atoms with Crippen LogP contribution in [0.25, 0.3) is 22.2 Å². The van der Waals surface area contributed by atoms with Crippen LogP contribution in [0.5, 0.6) is 11.5 Å². The maximum Gasteiger partial charge on any atom is 0.274 e. The van der Waals surface area contributed by atoms with Crippen LogP contribution in [0.4, 0.5) is 5.69 Å². The molecule has 0 radical (unpaired) electrons. The molecule has 0 aliphatic rings. The van der Waals surface area contributed by atoms with Crippen LogP contribution in [0.3, 0.4) is 0 Å². The van der Waals surface area contributed by atoms with Gasteiger partial charge in [-0.2, -0.15) is 0 Å². The molecular weight excluding hydrogens is 432 g/mol. The highest BCUT2D eigenvalue weighted by molar-refractivity contribution is 6.11. The zero-order valence-corrected chi connectivity index (χ0v) is 18.3. The van der Waals surface area contributed by atoms with Gasteiger partial charge >= 0.3 is 0 Å². The number of hydrogen-bond acceptors (Lipinski definition) is 7. The Morgan fingerprint density at radius 1 is 0.941 bits per heavy atom. The molecule has 0 saturated heterocycles. The molecule has 0 spiro atoms. The molecule has 0 saturated carbocycles. The maximum atomic E-state index is 12.8. The lowest BCUT2D eigenvalue weighted by Crippen LogP contribution is -2.14. The first-order chi connectivity index (χ1) is 16.7. The third-order valence-electron chi connectivity index (χ3n) is 5.15. The van der Waals surface area contributed by atoms with E-state index in [0.29, 0.717) is 28.9 Å². The summed E-state index contributed by atoms with van der Waals surface area (Å²) in [6.07, 6.45) is 1.63. The van der Waals surface area contributed by atoms with Crippen molar-refractivity contribution in [3.63, 3.8) is 0 Å². The normalized spacial score (nSPS) is 10.7. The molecule has 0 bridgehead atoms. The zero-order chi connectivity index (χ0) is 23.3. The van der Waals surface area contributed by atoms with Crippen molar-refractivity contribution in [2.24, 2.45) is 0 Å². The number of carbonyl (C=O) groups is 1. The Hall–Kier alpha value is -4.72. The second kappa shape index (κ2) is 9.41. The highest BCUT2D eigenvalue weighted by atomic mass is 16.5. The number of hydrogen-bond donors (Lipinski definition) is 1. The highest BCUT2D eigenvalue weighted by Crippen LogP contribution is 2.23. The van der Waals surface area contributed by atoms with Gasteiger partial charge in [-0.3, -0.25) is 9.78 Å². The molecule has 2 heterocycles. The Morgan fingerprint density at radius 2 is 1.79 bits per heavy atom. The monoisotopic (exact) mass is 452 g/mol. The standard InChI is InChI=1S/C26H20N4O4/c1-32-20-11-9-18(10-12-20)26-30-29-23(34-26)16-33-21-7-4-6-19(15-21)28-25(31)24-22-8-3-2-5-17(22)13-14-27-24/h2-15H,16H2,1H3,(H,28,31). The lowest BCUT2D eigenvalue weighted by atomic mass is 10.1. The third kappa shape index (κ3) is 4.56. The molecule has 8 heteroatoms. The Labute approximate surface area is 195 Å². The van der Waals surface area contributed by atoms with Crippen molar-refractivity contribution in [1.82, 2.24) is 15.2 Å². The number of pyridine rings is 1. The average molecular weight is 452 g/mol. The molecule has 0 fully saturated rings. The van der Waals surface area contributed by atoms with E-state index in [4.69, 9.17) is 13.9 Å². The molecule has 0 aliphatic carbocycles. The first-order valence-electron chi connectivity index (χ1n) is 10.5. The van der Waals surface area contributed by atoms with Crippen molar-refractivity contribution in [3.8, 4) is 23.0 Å². The predicted octanol–water partition coefficient (Wildman–Crippen LogP) is 5.12. The number of aromatic nitrogens is 3. The predicted molar refractivity (Wildman–Crippen MR) is 127 cm³/mol. The van der Waals surface area contributed by atoms with E-state index in [0.717, 1.165) is 22.1 Å². The van der Waals surface area contributed by atoms with E-state index in [1.165, 1.54) is 0 Å². The van der Waals surface area contributed by atoms with Crippen molar-refractivity contribution in [2.75, 3.05) is 12.4 Å².